The van der Waals surface area contributed by atoms with Gasteiger partial charge in [-0.15, -0.1) is 0 Å². The van der Waals surface area contributed by atoms with Crippen LogP contribution in [0.5, 0.6) is 0 Å². The minimum Gasteiger partial charge on any atom is -0.390 e. The van der Waals surface area contributed by atoms with Gasteiger partial charge in [-0.25, -0.2) is 0 Å². The molecule has 3 unspecified atom stereocenters. The number of nitrogens with one attached hydrogen (secondary N) is 1. The smallest absolute Gasteiger partial charge is 0.200 e. The second-order valence-electron chi connectivity index (χ2n) is 8.15. The van der Waals surface area contributed by atoms with Crippen LogP contribution in [0.15, 0.2) is 45.3 Å². The Balaban J connectivity index is 1.50. The Kier molecular flexibility index (Phi) is 5.59. The molecule has 1 aliphatic heterocycles. The summed E-state index contributed by atoms with van der Waals surface area (Å²) in [5.74, 6) is 0. The van der Waals surface area contributed by atoms with Gasteiger partial charge in [0.25, 0.3) is 0 Å². The average molecular weight is 512 g/mol. The zero-order valence-electron chi connectivity index (χ0n) is 16.1. The fourth-order valence-corrected chi connectivity index (χ4v) is 4.18. The summed E-state index contributed by atoms with van der Waals surface area (Å²) >= 11 is 7.13. The number of halogens is 2. The topological polar surface area (TPSA) is 58.9 Å². The van der Waals surface area contributed by atoms with Crippen LogP contribution in [0.4, 0.5) is 0 Å². The molecule has 0 aliphatic carbocycles. The summed E-state index contributed by atoms with van der Waals surface area (Å²) in [6.45, 7) is 6.93. The molecule has 28 heavy (non-hydrogen) atoms. The van der Waals surface area contributed by atoms with Crippen molar-refractivity contribution in [2.24, 2.45) is 0 Å². The van der Waals surface area contributed by atoms with E-state index in [1.807, 2.05) is 32.9 Å². The van der Waals surface area contributed by atoms with E-state index in [1.165, 1.54) is 0 Å². The van der Waals surface area contributed by atoms with Crippen LogP contribution >= 0.6 is 31.9 Å². The lowest BCUT2D eigenvalue weighted by molar-refractivity contribution is -0.0571. The van der Waals surface area contributed by atoms with E-state index in [2.05, 4.69) is 66.0 Å². The Morgan fingerprint density at radius 3 is 2.21 bits per heavy atom. The average Bonchev–Trinajstić information content (AvgIpc) is 3.27. The molecule has 0 bridgehead atoms. The first kappa shape index (κ1) is 20.3. The van der Waals surface area contributed by atoms with Gasteiger partial charge in [-0.1, -0.05) is 31.9 Å². The summed E-state index contributed by atoms with van der Waals surface area (Å²) < 4.78 is 15.5. The molecule has 0 radical (unpaired) electrons. The van der Waals surface area contributed by atoms with Crippen molar-refractivity contribution in [3.8, 4) is 0 Å². The molecule has 5 nitrogen and oxygen atoms in total. The van der Waals surface area contributed by atoms with Crippen molar-refractivity contribution in [3.05, 3.63) is 45.3 Å². The fourth-order valence-electron chi connectivity index (χ4n) is 3.45. The molecular formula is C21H24Br2N2O3. The third-order valence-electron chi connectivity index (χ3n) is 4.66. The molecule has 7 heteroatoms. The second-order valence-corrected chi connectivity index (χ2v) is 9.98. The first-order valence-corrected chi connectivity index (χ1v) is 10.9. The van der Waals surface area contributed by atoms with Crippen LogP contribution in [-0.4, -0.2) is 40.4 Å². The van der Waals surface area contributed by atoms with Crippen molar-refractivity contribution in [1.82, 2.24) is 9.88 Å². The van der Waals surface area contributed by atoms with E-state index in [9.17, 15) is 5.11 Å². The SMILES string of the molecule is CC(C)(C)OC1OC1NCC(O)Cn1c2ccc(Br)cc2c2cc(Br)ccc21. The summed E-state index contributed by atoms with van der Waals surface area (Å²) in [6, 6.07) is 12.5. The van der Waals surface area contributed by atoms with Gasteiger partial charge in [-0.2, -0.15) is 0 Å². The van der Waals surface area contributed by atoms with Crippen LogP contribution in [-0.2, 0) is 16.0 Å². The van der Waals surface area contributed by atoms with Gasteiger partial charge in [0.1, 0.15) is 0 Å². The third-order valence-corrected chi connectivity index (χ3v) is 5.64. The quantitative estimate of drug-likeness (QED) is 0.468. The van der Waals surface area contributed by atoms with E-state index in [0.717, 1.165) is 30.8 Å². The number of benzene rings is 2. The highest BCUT2D eigenvalue weighted by Gasteiger charge is 2.42. The van der Waals surface area contributed by atoms with Gasteiger partial charge >= 0.3 is 0 Å². The maximum atomic E-state index is 10.6. The summed E-state index contributed by atoms with van der Waals surface area (Å²) in [5.41, 5.74) is 1.96. The van der Waals surface area contributed by atoms with Crippen molar-refractivity contribution in [3.63, 3.8) is 0 Å². The van der Waals surface area contributed by atoms with Gasteiger partial charge in [0.15, 0.2) is 12.5 Å². The number of nitrogens with zero attached hydrogens (tertiary/aromatic N) is 1. The van der Waals surface area contributed by atoms with Gasteiger partial charge < -0.3 is 19.1 Å². The molecule has 3 atom stereocenters. The van der Waals surface area contributed by atoms with E-state index in [0.29, 0.717) is 13.1 Å². The van der Waals surface area contributed by atoms with Crippen LogP contribution < -0.4 is 5.32 Å². The molecule has 0 amide bonds. The van der Waals surface area contributed by atoms with Crippen LogP contribution in [0.25, 0.3) is 21.8 Å². The Morgan fingerprint density at radius 1 is 1.11 bits per heavy atom. The van der Waals surface area contributed by atoms with Gasteiger partial charge in [-0.05, 0) is 57.2 Å². The Morgan fingerprint density at radius 2 is 1.68 bits per heavy atom. The molecule has 4 rings (SSSR count). The zero-order valence-corrected chi connectivity index (χ0v) is 19.2. The maximum absolute atomic E-state index is 10.6. The van der Waals surface area contributed by atoms with E-state index >= 15 is 0 Å². The van der Waals surface area contributed by atoms with E-state index in [-0.39, 0.29) is 18.1 Å². The van der Waals surface area contributed by atoms with Gasteiger partial charge in [0, 0.05) is 37.3 Å². The molecule has 0 spiro atoms. The van der Waals surface area contributed by atoms with E-state index < -0.39 is 6.10 Å². The largest absolute Gasteiger partial charge is 0.390 e. The van der Waals surface area contributed by atoms with Crippen molar-refractivity contribution < 1.29 is 14.6 Å². The van der Waals surface area contributed by atoms with Crippen molar-refractivity contribution >= 4 is 53.7 Å². The number of epoxide rings is 1. The summed E-state index contributed by atoms with van der Waals surface area (Å²) in [6.07, 6.45) is -0.945. The maximum Gasteiger partial charge on any atom is 0.200 e. The number of fused-ring (bicyclic) bond motifs is 3. The molecular weight excluding hydrogens is 488 g/mol. The predicted octanol–water partition coefficient (Wildman–Crippen LogP) is 4.77. The molecule has 150 valence electrons. The number of hydrogen-bond acceptors (Lipinski definition) is 4. The van der Waals surface area contributed by atoms with E-state index in [4.69, 9.17) is 9.47 Å². The monoisotopic (exact) mass is 510 g/mol. The molecule has 2 heterocycles. The lowest BCUT2D eigenvalue weighted by Gasteiger charge is -2.18. The van der Waals surface area contributed by atoms with Crippen LogP contribution in [0, 0.1) is 0 Å². The van der Waals surface area contributed by atoms with Crippen molar-refractivity contribution in [1.29, 1.82) is 0 Å². The highest BCUT2D eigenvalue weighted by Crippen LogP contribution is 2.33. The summed E-state index contributed by atoms with van der Waals surface area (Å²) in [4.78, 5) is 0. The van der Waals surface area contributed by atoms with Crippen LogP contribution in [0.1, 0.15) is 20.8 Å². The number of aromatic nitrogens is 1. The molecule has 2 aromatic carbocycles. The number of ether oxygens (including phenoxy) is 2. The number of aliphatic hydroxyl groups excluding tert-OH is 1. The van der Waals surface area contributed by atoms with Gasteiger partial charge in [-0.3, -0.25) is 5.32 Å². The van der Waals surface area contributed by atoms with Crippen LogP contribution in [0.2, 0.25) is 0 Å². The lowest BCUT2D eigenvalue weighted by atomic mass is 10.2. The highest BCUT2D eigenvalue weighted by atomic mass is 79.9. The molecule has 3 aromatic rings. The van der Waals surface area contributed by atoms with Crippen molar-refractivity contribution in [2.75, 3.05) is 6.54 Å². The van der Waals surface area contributed by atoms with Gasteiger partial charge in [0.2, 0.25) is 0 Å². The predicted molar refractivity (Wildman–Crippen MR) is 118 cm³/mol. The third kappa shape index (κ3) is 4.45. The Bertz CT molecular complexity index is 953. The molecule has 1 aliphatic rings. The Labute approximate surface area is 181 Å². The summed E-state index contributed by atoms with van der Waals surface area (Å²) in [5, 5.41) is 16.2. The molecule has 1 saturated heterocycles. The normalized spacial score (nSPS) is 20.8. The molecule has 2 N–H and O–H groups in total. The molecule has 0 saturated carbocycles. The highest BCUT2D eigenvalue weighted by molar-refractivity contribution is 9.10. The number of aliphatic hydroxyl groups is 1. The number of rotatable bonds is 6. The molecule has 1 fully saturated rings. The minimum absolute atomic E-state index is 0.154. The first-order valence-electron chi connectivity index (χ1n) is 9.33. The Hall–Kier alpha value is -0.960. The molecule has 1 aromatic heterocycles. The zero-order chi connectivity index (χ0) is 20.1. The van der Waals surface area contributed by atoms with Gasteiger partial charge in [0.05, 0.1) is 18.2 Å². The minimum atomic E-state index is -0.550. The lowest BCUT2D eigenvalue weighted by Crippen LogP contribution is -2.34. The standard InChI is InChI=1S/C21H24Br2N2O3/c1-21(2,3)28-20-19(27-20)24-10-14(26)11-25-17-6-4-12(22)8-15(17)16-9-13(23)5-7-18(16)25/h4-9,14,19-20,24,26H,10-11H2,1-3H3. The fraction of sp³-hybridized carbons (Fsp3) is 0.429. The second kappa shape index (κ2) is 7.70. The first-order chi connectivity index (χ1) is 13.2. The van der Waals surface area contributed by atoms with E-state index in [1.54, 1.807) is 0 Å². The van der Waals surface area contributed by atoms with Crippen molar-refractivity contribution in [2.45, 2.75) is 51.5 Å². The number of hydrogen-bond donors (Lipinski definition) is 2. The van der Waals surface area contributed by atoms with Crippen LogP contribution in [0.3, 0.4) is 0 Å². The summed E-state index contributed by atoms with van der Waals surface area (Å²) in [7, 11) is 0.